The largest absolute Gasteiger partial charge is 0.444 e. The van der Waals surface area contributed by atoms with Crippen LogP contribution in [0.2, 0.25) is 0 Å². The number of piperazine rings is 1. The molecule has 0 unspecified atom stereocenters. The number of nitrogens with zero attached hydrogens (tertiary/aromatic N) is 2. The summed E-state index contributed by atoms with van der Waals surface area (Å²) in [5.74, 6) is 0. The van der Waals surface area contributed by atoms with Gasteiger partial charge in [0.05, 0.1) is 4.90 Å². The highest BCUT2D eigenvalue weighted by atomic mass is 32.2. The van der Waals surface area contributed by atoms with Gasteiger partial charge in [0, 0.05) is 43.1 Å². The number of carbonyl (C=O) groups excluding carboxylic acids is 1. The van der Waals surface area contributed by atoms with E-state index in [9.17, 15) is 13.2 Å². The number of anilines is 2. The fourth-order valence-corrected chi connectivity index (χ4v) is 4.52. The van der Waals surface area contributed by atoms with Crippen LogP contribution >= 0.6 is 0 Å². The molecule has 0 radical (unpaired) electrons. The van der Waals surface area contributed by atoms with Crippen LogP contribution in [0.1, 0.15) is 26.3 Å². The van der Waals surface area contributed by atoms with Crippen LogP contribution in [0.25, 0.3) is 0 Å². The first-order valence-corrected chi connectivity index (χ1v) is 11.5. The maximum Gasteiger partial charge on any atom is 0.410 e. The number of benzene rings is 2. The highest BCUT2D eigenvalue weighted by Gasteiger charge is 2.27. The fourth-order valence-electron chi connectivity index (χ4n) is 3.29. The minimum Gasteiger partial charge on any atom is -0.444 e. The molecule has 31 heavy (non-hydrogen) atoms. The minimum absolute atomic E-state index is 0.0572. The number of nitrogens with two attached hydrogens (primary N) is 1. The molecule has 0 atom stereocenters. The van der Waals surface area contributed by atoms with E-state index >= 15 is 0 Å². The first-order valence-electron chi connectivity index (χ1n) is 10.0. The van der Waals surface area contributed by atoms with Crippen molar-refractivity contribution in [3.63, 3.8) is 0 Å². The molecule has 2 aromatic carbocycles. The Morgan fingerprint density at radius 3 is 2.19 bits per heavy atom. The zero-order valence-corrected chi connectivity index (χ0v) is 18.8. The van der Waals surface area contributed by atoms with Gasteiger partial charge in [-0.3, -0.25) is 5.41 Å². The summed E-state index contributed by atoms with van der Waals surface area (Å²) in [6.45, 7) is 7.71. The van der Waals surface area contributed by atoms with Crippen molar-refractivity contribution in [2.45, 2.75) is 31.3 Å². The van der Waals surface area contributed by atoms with Gasteiger partial charge in [-0.05, 0) is 51.1 Å². The topological polar surface area (TPSA) is 117 Å². The maximum absolute atomic E-state index is 12.7. The number of hydrogen-bond donors (Lipinski definition) is 2. The van der Waals surface area contributed by atoms with Crippen LogP contribution in [0.3, 0.4) is 0 Å². The van der Waals surface area contributed by atoms with E-state index in [4.69, 9.17) is 15.9 Å². The molecule has 1 heterocycles. The van der Waals surface area contributed by atoms with Crippen molar-refractivity contribution in [3.8, 4) is 0 Å². The number of carbonyl (C=O) groups is 1. The lowest BCUT2D eigenvalue weighted by Gasteiger charge is -2.37. The van der Waals surface area contributed by atoms with Crippen molar-refractivity contribution in [2.24, 2.45) is 0 Å². The summed E-state index contributed by atoms with van der Waals surface area (Å²) in [7, 11) is -3.95. The molecule has 9 heteroatoms. The van der Waals surface area contributed by atoms with Crippen LogP contribution in [-0.4, -0.2) is 56.2 Å². The third-order valence-corrected chi connectivity index (χ3v) is 6.55. The quantitative estimate of drug-likeness (QED) is 0.427. The van der Waals surface area contributed by atoms with Gasteiger partial charge < -0.3 is 20.3 Å². The summed E-state index contributed by atoms with van der Waals surface area (Å²) in [6.07, 6.45) is -0.332. The van der Waals surface area contributed by atoms with Crippen LogP contribution in [0, 0.1) is 5.41 Å². The molecule has 1 amide bonds. The Hall–Kier alpha value is -3.07. The Kier molecular flexibility index (Phi) is 6.26. The van der Waals surface area contributed by atoms with Gasteiger partial charge in [0.15, 0.2) is 5.04 Å². The number of ether oxygens (including phenoxy) is 1. The standard InChI is InChI=1S/C22H28N4O4S/c1-22(2,3)30-21(27)26-13-11-25(12-14-26)16-9-10-18(19(23)15-16)20(24)31(28,29)17-7-5-4-6-8-17/h4-10,15,24H,11-14,23H2,1-3H3. The van der Waals surface area contributed by atoms with Crippen molar-refractivity contribution in [1.29, 1.82) is 5.41 Å². The van der Waals surface area contributed by atoms with Gasteiger partial charge in [-0.25, -0.2) is 13.2 Å². The van der Waals surface area contributed by atoms with Crippen LogP contribution < -0.4 is 10.6 Å². The molecule has 166 valence electrons. The third kappa shape index (κ3) is 5.16. The van der Waals surface area contributed by atoms with Gasteiger partial charge in [0.1, 0.15) is 5.60 Å². The molecular formula is C22H28N4O4S. The summed E-state index contributed by atoms with van der Waals surface area (Å²) in [5, 5.41) is 7.70. The molecule has 1 aliphatic rings. The van der Waals surface area contributed by atoms with Gasteiger partial charge in [-0.15, -0.1) is 0 Å². The lowest BCUT2D eigenvalue weighted by molar-refractivity contribution is 0.0240. The molecule has 1 saturated heterocycles. The molecule has 0 spiro atoms. The molecule has 0 bridgehead atoms. The average molecular weight is 445 g/mol. The van der Waals surface area contributed by atoms with E-state index < -0.39 is 20.5 Å². The summed E-state index contributed by atoms with van der Waals surface area (Å²) < 4.78 is 30.9. The number of amides is 1. The Labute approximate surface area is 183 Å². The van der Waals surface area contributed by atoms with Crippen LogP contribution in [-0.2, 0) is 14.6 Å². The Bertz CT molecular complexity index is 1070. The Morgan fingerprint density at radius 1 is 1.03 bits per heavy atom. The van der Waals surface area contributed by atoms with Gasteiger partial charge in [-0.1, -0.05) is 18.2 Å². The van der Waals surface area contributed by atoms with E-state index in [1.807, 2.05) is 20.8 Å². The average Bonchev–Trinajstić information content (AvgIpc) is 2.72. The molecule has 3 rings (SSSR count). The Morgan fingerprint density at radius 2 is 1.65 bits per heavy atom. The number of rotatable bonds is 3. The van der Waals surface area contributed by atoms with Gasteiger partial charge in [0.2, 0.25) is 9.84 Å². The number of nitrogen functional groups attached to an aromatic ring is 1. The van der Waals surface area contributed by atoms with E-state index in [2.05, 4.69) is 4.90 Å². The van der Waals surface area contributed by atoms with Crippen molar-refractivity contribution in [1.82, 2.24) is 4.90 Å². The molecular weight excluding hydrogens is 416 g/mol. The second kappa shape index (κ2) is 8.58. The van der Waals surface area contributed by atoms with Gasteiger partial charge >= 0.3 is 6.09 Å². The summed E-state index contributed by atoms with van der Waals surface area (Å²) in [6, 6.07) is 12.9. The molecule has 8 nitrogen and oxygen atoms in total. The minimum atomic E-state index is -3.95. The fraction of sp³-hybridized carbons (Fsp3) is 0.364. The summed E-state index contributed by atoms with van der Waals surface area (Å²) in [5.41, 5.74) is 6.79. The first kappa shape index (κ1) is 22.6. The highest BCUT2D eigenvalue weighted by molar-refractivity contribution is 8.06. The van der Waals surface area contributed by atoms with Crippen molar-refractivity contribution < 1.29 is 17.9 Å². The molecule has 0 saturated carbocycles. The highest BCUT2D eigenvalue weighted by Crippen LogP contribution is 2.26. The summed E-state index contributed by atoms with van der Waals surface area (Å²) in [4.78, 5) is 16.0. The Balaban J connectivity index is 1.71. The molecule has 0 aliphatic carbocycles. The first-order chi connectivity index (χ1) is 14.5. The van der Waals surface area contributed by atoms with E-state index in [0.29, 0.717) is 26.2 Å². The predicted octanol–water partition coefficient (Wildman–Crippen LogP) is 3.13. The SMILES string of the molecule is CC(C)(C)OC(=O)N1CCN(c2ccc(C(=N)S(=O)(=O)c3ccccc3)c(N)c2)CC1. The summed E-state index contributed by atoms with van der Waals surface area (Å²) >= 11 is 0. The van der Waals surface area contributed by atoms with E-state index in [1.54, 1.807) is 41.3 Å². The van der Waals surface area contributed by atoms with Gasteiger partial charge in [0.25, 0.3) is 0 Å². The van der Waals surface area contributed by atoms with Crippen molar-refractivity contribution in [2.75, 3.05) is 36.8 Å². The van der Waals surface area contributed by atoms with Crippen LogP contribution in [0.15, 0.2) is 53.4 Å². The smallest absolute Gasteiger partial charge is 0.410 e. The van der Waals surface area contributed by atoms with E-state index in [0.717, 1.165) is 5.69 Å². The zero-order valence-electron chi connectivity index (χ0n) is 18.0. The van der Waals surface area contributed by atoms with Crippen LogP contribution in [0.5, 0.6) is 0 Å². The van der Waals surface area contributed by atoms with Gasteiger partial charge in [-0.2, -0.15) is 0 Å². The van der Waals surface area contributed by atoms with E-state index in [-0.39, 0.29) is 22.2 Å². The number of hydrogen-bond acceptors (Lipinski definition) is 7. The van der Waals surface area contributed by atoms with Crippen LogP contribution in [0.4, 0.5) is 16.2 Å². The molecule has 1 aliphatic heterocycles. The van der Waals surface area contributed by atoms with E-state index in [1.165, 1.54) is 12.1 Å². The number of sulfone groups is 1. The normalized spacial score (nSPS) is 14.9. The molecule has 3 N–H and O–H groups in total. The second-order valence-electron chi connectivity index (χ2n) is 8.37. The molecule has 1 fully saturated rings. The van der Waals surface area contributed by atoms with Crippen molar-refractivity contribution >= 4 is 32.3 Å². The third-order valence-electron chi connectivity index (χ3n) is 4.90. The molecule has 2 aromatic rings. The monoisotopic (exact) mass is 444 g/mol. The predicted molar refractivity (Wildman–Crippen MR) is 121 cm³/mol. The second-order valence-corrected chi connectivity index (χ2v) is 10.3. The lowest BCUT2D eigenvalue weighted by atomic mass is 10.1. The number of nitrogens with one attached hydrogen (secondary N) is 1. The zero-order chi connectivity index (χ0) is 22.8. The lowest BCUT2D eigenvalue weighted by Crippen LogP contribution is -2.50. The molecule has 0 aromatic heterocycles. The maximum atomic E-state index is 12.7. The van der Waals surface area contributed by atoms with Crippen molar-refractivity contribution in [3.05, 3.63) is 54.1 Å².